The van der Waals surface area contributed by atoms with Crippen LogP contribution in [0.2, 0.25) is 5.02 Å². The number of carbonyl (C=O) groups is 2. The molecule has 0 fully saturated rings. The largest absolute Gasteiger partial charge is 0.319 e. The van der Waals surface area contributed by atoms with E-state index in [0.29, 0.717) is 21.3 Å². The summed E-state index contributed by atoms with van der Waals surface area (Å²) in [6.45, 7) is 1.43. The number of aromatic nitrogens is 1. The maximum Gasteiger partial charge on any atom is 0.275 e. The predicted octanol–water partition coefficient (Wildman–Crippen LogP) is 5.06. The molecule has 0 spiro atoms. The van der Waals surface area contributed by atoms with Gasteiger partial charge < -0.3 is 5.32 Å². The van der Waals surface area contributed by atoms with Crippen LogP contribution in [0.15, 0.2) is 47.8 Å². The van der Waals surface area contributed by atoms with Gasteiger partial charge >= 0.3 is 0 Å². The van der Waals surface area contributed by atoms with E-state index in [1.807, 2.05) is 0 Å². The lowest BCUT2D eigenvalue weighted by Crippen LogP contribution is -2.13. The lowest BCUT2D eigenvalue weighted by atomic mass is 10.1. The van der Waals surface area contributed by atoms with Gasteiger partial charge in [0, 0.05) is 16.5 Å². The number of nitrogens with one attached hydrogen (secondary N) is 1. The normalized spacial score (nSPS) is 10.5. The van der Waals surface area contributed by atoms with Gasteiger partial charge in [0.15, 0.2) is 5.78 Å². The molecule has 1 aromatic heterocycles. The van der Waals surface area contributed by atoms with Gasteiger partial charge in [-0.15, -0.1) is 11.3 Å². The van der Waals surface area contributed by atoms with Crippen LogP contribution >= 0.6 is 22.9 Å². The number of hydrogen-bond acceptors (Lipinski definition) is 4. The SMILES string of the molecule is CC(=O)c1ccc(Cl)c(NC(=O)c2csc(-c3ccc(F)cc3)n2)c1. The highest BCUT2D eigenvalue weighted by Gasteiger charge is 2.14. The number of halogens is 2. The topological polar surface area (TPSA) is 59.1 Å². The summed E-state index contributed by atoms with van der Waals surface area (Å²) in [6.07, 6.45) is 0. The third-order valence-electron chi connectivity index (χ3n) is 3.45. The molecule has 7 heteroatoms. The number of carbonyl (C=O) groups excluding carboxylic acids is 2. The third-order valence-corrected chi connectivity index (χ3v) is 4.67. The Bertz CT molecular complexity index is 954. The lowest BCUT2D eigenvalue weighted by molar-refractivity contribution is 0.100. The molecule has 1 amide bonds. The van der Waals surface area contributed by atoms with E-state index in [4.69, 9.17) is 11.6 Å². The van der Waals surface area contributed by atoms with E-state index in [2.05, 4.69) is 10.3 Å². The molecule has 1 N–H and O–H groups in total. The molecule has 0 saturated carbocycles. The molecule has 4 nitrogen and oxygen atoms in total. The fraction of sp³-hybridized carbons (Fsp3) is 0.0556. The second-order valence-electron chi connectivity index (χ2n) is 5.25. The molecule has 0 aliphatic heterocycles. The molecule has 0 bridgehead atoms. The second kappa shape index (κ2) is 7.13. The van der Waals surface area contributed by atoms with E-state index in [1.54, 1.807) is 29.6 Å². The van der Waals surface area contributed by atoms with Gasteiger partial charge in [0.05, 0.1) is 10.7 Å². The molecule has 3 rings (SSSR count). The minimum Gasteiger partial charge on any atom is -0.319 e. The molecule has 0 aliphatic carbocycles. The number of amides is 1. The summed E-state index contributed by atoms with van der Waals surface area (Å²) in [4.78, 5) is 28.1. The van der Waals surface area contributed by atoms with E-state index in [9.17, 15) is 14.0 Å². The summed E-state index contributed by atoms with van der Waals surface area (Å²) in [5, 5.41) is 5.20. The van der Waals surface area contributed by atoms with Crippen LogP contribution in [0.1, 0.15) is 27.8 Å². The predicted molar refractivity (Wildman–Crippen MR) is 96.9 cm³/mol. The van der Waals surface area contributed by atoms with Gasteiger partial charge in [-0.25, -0.2) is 9.37 Å². The van der Waals surface area contributed by atoms with Crippen LogP contribution in [0.4, 0.5) is 10.1 Å². The standard InChI is InChI=1S/C18H12ClFN2O2S/c1-10(23)12-4-7-14(19)15(8-12)21-17(24)16-9-25-18(22-16)11-2-5-13(20)6-3-11/h2-9H,1H3,(H,21,24). The van der Waals surface area contributed by atoms with Crippen molar-refractivity contribution < 1.29 is 14.0 Å². The van der Waals surface area contributed by atoms with Gasteiger partial charge in [0.2, 0.25) is 0 Å². The number of rotatable bonds is 4. The van der Waals surface area contributed by atoms with E-state index in [1.165, 1.54) is 36.5 Å². The molecule has 0 aliphatic rings. The summed E-state index contributed by atoms with van der Waals surface area (Å²) < 4.78 is 13.0. The zero-order valence-corrected chi connectivity index (χ0v) is 14.6. The van der Waals surface area contributed by atoms with Crippen molar-refractivity contribution in [2.24, 2.45) is 0 Å². The average Bonchev–Trinajstić information content (AvgIpc) is 3.07. The first-order valence-electron chi connectivity index (χ1n) is 7.27. The van der Waals surface area contributed by atoms with Crippen molar-refractivity contribution in [1.29, 1.82) is 0 Å². The summed E-state index contributed by atoms with van der Waals surface area (Å²) in [6, 6.07) is 10.5. The van der Waals surface area contributed by atoms with Gasteiger partial charge in [0.1, 0.15) is 16.5 Å². The van der Waals surface area contributed by atoms with Crippen molar-refractivity contribution in [3.8, 4) is 10.6 Å². The molecule has 126 valence electrons. The fourth-order valence-electron chi connectivity index (χ4n) is 2.13. The monoisotopic (exact) mass is 374 g/mol. The average molecular weight is 375 g/mol. The zero-order chi connectivity index (χ0) is 18.0. The van der Waals surface area contributed by atoms with E-state index < -0.39 is 5.91 Å². The molecule has 1 heterocycles. The molecule has 25 heavy (non-hydrogen) atoms. The second-order valence-corrected chi connectivity index (χ2v) is 6.52. The Balaban J connectivity index is 1.82. The van der Waals surface area contributed by atoms with Crippen LogP contribution in [0.25, 0.3) is 10.6 Å². The maximum absolute atomic E-state index is 13.0. The first kappa shape index (κ1) is 17.3. The summed E-state index contributed by atoms with van der Waals surface area (Å²) >= 11 is 7.35. The van der Waals surface area contributed by atoms with Crippen LogP contribution in [0, 0.1) is 5.82 Å². The smallest absolute Gasteiger partial charge is 0.275 e. The number of anilines is 1. The van der Waals surface area contributed by atoms with Gasteiger partial charge in [-0.3, -0.25) is 9.59 Å². The minimum atomic E-state index is -0.438. The van der Waals surface area contributed by atoms with Crippen molar-refractivity contribution >= 4 is 40.3 Å². The van der Waals surface area contributed by atoms with Crippen LogP contribution < -0.4 is 5.32 Å². The summed E-state index contributed by atoms with van der Waals surface area (Å²) in [5.41, 5.74) is 1.73. The quantitative estimate of drug-likeness (QED) is 0.649. The molecule has 0 saturated heterocycles. The highest BCUT2D eigenvalue weighted by Crippen LogP contribution is 2.26. The van der Waals surface area contributed by atoms with Crippen molar-refractivity contribution in [3.63, 3.8) is 0 Å². The Morgan fingerprint density at radius 1 is 1.16 bits per heavy atom. The first-order chi connectivity index (χ1) is 11.9. The number of hydrogen-bond donors (Lipinski definition) is 1. The van der Waals surface area contributed by atoms with E-state index in [0.717, 1.165) is 5.56 Å². The van der Waals surface area contributed by atoms with Crippen molar-refractivity contribution in [1.82, 2.24) is 4.98 Å². The van der Waals surface area contributed by atoms with Gasteiger partial charge in [-0.1, -0.05) is 11.6 Å². The molecule has 2 aromatic carbocycles. The Kier molecular flexibility index (Phi) is 4.92. The number of benzene rings is 2. The van der Waals surface area contributed by atoms with Crippen LogP contribution in [-0.2, 0) is 0 Å². The summed E-state index contributed by atoms with van der Waals surface area (Å²) in [7, 11) is 0. The van der Waals surface area contributed by atoms with Gasteiger partial charge in [0.25, 0.3) is 5.91 Å². The van der Waals surface area contributed by atoms with E-state index >= 15 is 0 Å². The Hall–Kier alpha value is -2.57. The first-order valence-corrected chi connectivity index (χ1v) is 8.53. The highest BCUT2D eigenvalue weighted by molar-refractivity contribution is 7.13. The fourth-order valence-corrected chi connectivity index (χ4v) is 3.10. The van der Waals surface area contributed by atoms with Crippen LogP contribution in [-0.4, -0.2) is 16.7 Å². The van der Waals surface area contributed by atoms with E-state index in [-0.39, 0.29) is 17.3 Å². The lowest BCUT2D eigenvalue weighted by Gasteiger charge is -2.07. The molecular weight excluding hydrogens is 363 g/mol. The molecule has 0 radical (unpaired) electrons. The molecule has 0 unspecified atom stereocenters. The molecule has 3 aromatic rings. The number of nitrogens with zero attached hydrogens (tertiary/aromatic N) is 1. The minimum absolute atomic E-state index is 0.126. The summed E-state index contributed by atoms with van der Waals surface area (Å²) in [5.74, 6) is -0.898. The number of thiazole rings is 1. The molecular formula is C18H12ClFN2O2S. The van der Waals surface area contributed by atoms with Crippen molar-refractivity contribution in [3.05, 3.63) is 69.9 Å². The Labute approximate surface area is 152 Å². The Morgan fingerprint density at radius 2 is 1.88 bits per heavy atom. The number of ketones is 1. The van der Waals surface area contributed by atoms with Crippen LogP contribution in [0.3, 0.4) is 0 Å². The number of Topliss-reactive ketones (excluding diaryl/α,β-unsaturated/α-hetero) is 1. The van der Waals surface area contributed by atoms with Crippen molar-refractivity contribution in [2.45, 2.75) is 6.92 Å². The van der Waals surface area contributed by atoms with Crippen LogP contribution in [0.5, 0.6) is 0 Å². The van der Waals surface area contributed by atoms with Gasteiger partial charge in [-0.05, 0) is 49.4 Å². The van der Waals surface area contributed by atoms with Crippen molar-refractivity contribution in [2.75, 3.05) is 5.32 Å². The zero-order valence-electron chi connectivity index (χ0n) is 13.0. The third kappa shape index (κ3) is 3.92. The Morgan fingerprint density at radius 3 is 2.56 bits per heavy atom. The maximum atomic E-state index is 13.0. The molecule has 0 atom stereocenters. The highest BCUT2D eigenvalue weighted by atomic mass is 35.5. The van der Waals surface area contributed by atoms with Gasteiger partial charge in [-0.2, -0.15) is 0 Å².